The Morgan fingerprint density at radius 3 is 2.79 bits per heavy atom. The summed E-state index contributed by atoms with van der Waals surface area (Å²) in [4.78, 5) is 24.5. The average molecular weight is 325 g/mol. The molecule has 1 N–H and O–H groups in total. The second-order valence-electron chi connectivity index (χ2n) is 6.09. The van der Waals surface area contributed by atoms with E-state index in [1.165, 1.54) is 29.5 Å². The third-order valence-corrected chi connectivity index (χ3v) is 4.39. The highest BCUT2D eigenvalue weighted by molar-refractivity contribution is 6.03. The summed E-state index contributed by atoms with van der Waals surface area (Å²) >= 11 is 0. The Hall–Kier alpha value is -2.49. The van der Waals surface area contributed by atoms with Crippen LogP contribution in [0.25, 0.3) is 0 Å². The molecule has 0 saturated heterocycles. The second kappa shape index (κ2) is 7.39. The van der Waals surface area contributed by atoms with Gasteiger partial charge >= 0.3 is 0 Å². The second-order valence-corrected chi connectivity index (χ2v) is 6.09. The van der Waals surface area contributed by atoms with Crippen LogP contribution in [0.3, 0.4) is 0 Å². The number of rotatable bonds is 5. The summed E-state index contributed by atoms with van der Waals surface area (Å²) in [6.45, 7) is 0.978. The number of carbonyl (C=O) groups excluding carboxylic acids is 2. The number of hydrogen-bond acceptors (Lipinski definition) is 3. The van der Waals surface area contributed by atoms with Crippen LogP contribution >= 0.6 is 0 Å². The Kier molecular flexibility index (Phi) is 5.04. The summed E-state index contributed by atoms with van der Waals surface area (Å²) in [5.74, 6) is -0.693. The van der Waals surface area contributed by atoms with Gasteiger partial charge in [-0.05, 0) is 30.5 Å². The predicted octanol–water partition coefficient (Wildman–Crippen LogP) is 3.88. The van der Waals surface area contributed by atoms with Gasteiger partial charge in [-0.15, -0.1) is 0 Å². The van der Waals surface area contributed by atoms with E-state index in [2.05, 4.69) is 5.32 Å². The van der Waals surface area contributed by atoms with Crippen molar-refractivity contribution in [1.82, 2.24) is 5.32 Å². The van der Waals surface area contributed by atoms with Crippen molar-refractivity contribution < 1.29 is 14.0 Å². The van der Waals surface area contributed by atoms with E-state index in [1.54, 1.807) is 6.07 Å². The van der Waals surface area contributed by atoms with Gasteiger partial charge in [-0.3, -0.25) is 9.59 Å². The largest absolute Gasteiger partial charge is 0.388 e. The highest BCUT2D eigenvalue weighted by Crippen LogP contribution is 2.23. The molecule has 1 aromatic carbocycles. The fourth-order valence-electron chi connectivity index (χ4n) is 3.02. The van der Waals surface area contributed by atoms with Crippen molar-refractivity contribution in [3.8, 4) is 0 Å². The number of carbonyl (C=O) groups is 2. The monoisotopic (exact) mass is 325 g/mol. The van der Waals surface area contributed by atoms with E-state index in [9.17, 15) is 14.0 Å². The van der Waals surface area contributed by atoms with E-state index in [1.807, 2.05) is 18.2 Å². The van der Waals surface area contributed by atoms with Gasteiger partial charge in [0, 0.05) is 42.6 Å². The van der Waals surface area contributed by atoms with Gasteiger partial charge in [0.25, 0.3) is 0 Å². The molecule has 2 aliphatic rings. The van der Waals surface area contributed by atoms with Gasteiger partial charge in [-0.1, -0.05) is 30.4 Å². The van der Waals surface area contributed by atoms with Gasteiger partial charge in [-0.2, -0.15) is 0 Å². The Balaban J connectivity index is 1.59. The van der Waals surface area contributed by atoms with Gasteiger partial charge in [0.1, 0.15) is 5.82 Å². The number of Topliss-reactive ketones (excluding diaryl/α,β-unsaturated/α-hetero) is 2. The summed E-state index contributed by atoms with van der Waals surface area (Å²) in [7, 11) is 0. The van der Waals surface area contributed by atoms with E-state index in [-0.39, 0.29) is 24.4 Å². The Bertz CT molecular complexity index is 759. The van der Waals surface area contributed by atoms with E-state index in [4.69, 9.17) is 0 Å². The Morgan fingerprint density at radius 2 is 1.96 bits per heavy atom. The maximum absolute atomic E-state index is 13.2. The molecular formula is C20H20FNO2. The van der Waals surface area contributed by atoms with Crippen molar-refractivity contribution in [3.63, 3.8) is 0 Å². The molecule has 4 heteroatoms. The van der Waals surface area contributed by atoms with Crippen LogP contribution in [0.2, 0.25) is 0 Å². The lowest BCUT2D eigenvalue weighted by atomic mass is 10.0. The summed E-state index contributed by atoms with van der Waals surface area (Å²) in [5.41, 5.74) is 3.42. The number of hydrogen-bond donors (Lipinski definition) is 1. The van der Waals surface area contributed by atoms with Crippen molar-refractivity contribution in [2.24, 2.45) is 0 Å². The van der Waals surface area contributed by atoms with Gasteiger partial charge in [0.05, 0.1) is 0 Å². The molecule has 0 spiro atoms. The first kappa shape index (κ1) is 16.4. The minimum Gasteiger partial charge on any atom is -0.388 e. The molecule has 24 heavy (non-hydrogen) atoms. The average Bonchev–Trinajstić information content (AvgIpc) is 2.82. The van der Waals surface area contributed by atoms with E-state index in [0.717, 1.165) is 25.8 Å². The lowest BCUT2D eigenvalue weighted by Crippen LogP contribution is -2.20. The molecule has 1 aliphatic heterocycles. The van der Waals surface area contributed by atoms with Crippen molar-refractivity contribution in [1.29, 1.82) is 0 Å². The van der Waals surface area contributed by atoms with E-state index < -0.39 is 5.82 Å². The molecule has 1 heterocycles. The third kappa shape index (κ3) is 3.88. The van der Waals surface area contributed by atoms with Crippen LogP contribution in [0.5, 0.6) is 0 Å². The molecule has 0 bridgehead atoms. The summed E-state index contributed by atoms with van der Waals surface area (Å²) in [6, 6.07) is 5.58. The van der Waals surface area contributed by atoms with Gasteiger partial charge < -0.3 is 5.32 Å². The van der Waals surface area contributed by atoms with Crippen LogP contribution in [0.4, 0.5) is 4.39 Å². The topological polar surface area (TPSA) is 46.2 Å². The van der Waals surface area contributed by atoms with Crippen molar-refractivity contribution in [2.75, 3.05) is 6.54 Å². The zero-order chi connectivity index (χ0) is 16.9. The van der Waals surface area contributed by atoms with Gasteiger partial charge in [0.2, 0.25) is 0 Å². The maximum atomic E-state index is 13.2. The van der Waals surface area contributed by atoms with Crippen LogP contribution in [-0.4, -0.2) is 18.1 Å². The molecule has 3 nitrogen and oxygen atoms in total. The van der Waals surface area contributed by atoms with Crippen LogP contribution in [0.15, 0.2) is 59.3 Å². The summed E-state index contributed by atoms with van der Waals surface area (Å²) in [6.07, 6.45) is 8.88. The lowest BCUT2D eigenvalue weighted by Gasteiger charge is -2.18. The number of benzene rings is 1. The van der Waals surface area contributed by atoms with E-state index in [0.29, 0.717) is 11.1 Å². The normalized spacial score (nSPS) is 16.8. The number of halogens is 1. The first-order valence-electron chi connectivity index (χ1n) is 8.29. The first-order valence-corrected chi connectivity index (χ1v) is 8.29. The van der Waals surface area contributed by atoms with Gasteiger partial charge in [0.15, 0.2) is 11.6 Å². The lowest BCUT2D eigenvalue weighted by molar-refractivity contribution is -0.115. The number of nitrogens with one attached hydrogen (secondary N) is 1. The molecule has 1 aromatic rings. The highest BCUT2D eigenvalue weighted by Gasteiger charge is 2.16. The van der Waals surface area contributed by atoms with Crippen molar-refractivity contribution >= 4 is 11.6 Å². The molecule has 3 rings (SSSR count). The molecule has 0 atom stereocenters. The van der Waals surface area contributed by atoms with Crippen molar-refractivity contribution in [2.45, 2.75) is 32.1 Å². The van der Waals surface area contributed by atoms with E-state index >= 15 is 0 Å². The number of allylic oxidation sites excluding steroid dienone is 5. The molecule has 0 saturated carbocycles. The molecular weight excluding hydrogens is 305 g/mol. The van der Waals surface area contributed by atoms with Crippen molar-refractivity contribution in [3.05, 3.63) is 70.7 Å². The molecule has 0 fully saturated rings. The molecule has 0 aromatic heterocycles. The minimum absolute atomic E-state index is 0.0455. The Labute approximate surface area is 140 Å². The van der Waals surface area contributed by atoms with Crippen LogP contribution < -0.4 is 5.32 Å². The fraction of sp³-hybridized carbons (Fsp3) is 0.300. The van der Waals surface area contributed by atoms with Gasteiger partial charge in [-0.25, -0.2) is 4.39 Å². The third-order valence-electron chi connectivity index (χ3n) is 4.39. The highest BCUT2D eigenvalue weighted by atomic mass is 19.1. The Morgan fingerprint density at radius 1 is 1.12 bits per heavy atom. The zero-order valence-corrected chi connectivity index (χ0v) is 13.5. The van der Waals surface area contributed by atoms with Crippen LogP contribution in [0.1, 0.15) is 42.5 Å². The molecule has 124 valence electrons. The SMILES string of the molecule is O=C(CCC(=O)c1cccc(F)c1)C1=CCC2=C(C=C1)CCCN2. The standard InChI is InChI=1S/C20H20FNO2/c21-17-5-1-3-16(13-17)20(24)11-10-19(23)15-7-6-14-4-2-12-22-18(14)9-8-15/h1,3,5-8,13,22H,2,4,9-12H2. The molecule has 0 amide bonds. The minimum atomic E-state index is -0.439. The van der Waals surface area contributed by atoms with Crippen LogP contribution in [0, 0.1) is 5.82 Å². The summed E-state index contributed by atoms with van der Waals surface area (Å²) in [5, 5.41) is 3.38. The first-order chi connectivity index (χ1) is 11.6. The maximum Gasteiger partial charge on any atom is 0.163 e. The number of ketones is 2. The summed E-state index contributed by atoms with van der Waals surface area (Å²) < 4.78 is 13.2. The molecule has 1 aliphatic carbocycles. The quantitative estimate of drug-likeness (QED) is 0.836. The predicted molar refractivity (Wildman–Crippen MR) is 91.1 cm³/mol. The van der Waals surface area contributed by atoms with Crippen LogP contribution in [-0.2, 0) is 4.79 Å². The molecule has 0 radical (unpaired) electrons. The fourth-order valence-corrected chi connectivity index (χ4v) is 3.02. The molecule has 0 unspecified atom stereocenters. The zero-order valence-electron chi connectivity index (χ0n) is 13.5. The smallest absolute Gasteiger partial charge is 0.163 e.